The molecule has 6 heteroatoms. The van der Waals surface area contributed by atoms with E-state index in [0.29, 0.717) is 17.8 Å². The molecule has 0 saturated carbocycles. The van der Waals surface area contributed by atoms with Gasteiger partial charge in [0, 0.05) is 11.4 Å². The average Bonchev–Trinajstić information content (AvgIpc) is 2.55. The Labute approximate surface area is 153 Å². The number of rotatable bonds is 5. The van der Waals surface area contributed by atoms with E-state index < -0.39 is 17.7 Å². The Morgan fingerprint density at radius 2 is 1.50 bits per heavy atom. The normalized spacial score (nSPS) is 12.2. The summed E-state index contributed by atoms with van der Waals surface area (Å²) in [5.41, 5.74) is 7.59. The monoisotopic (exact) mass is 355 g/mol. The zero-order valence-corrected chi connectivity index (χ0v) is 15.3. The van der Waals surface area contributed by atoms with E-state index in [9.17, 15) is 9.59 Å². The summed E-state index contributed by atoms with van der Waals surface area (Å²) in [5, 5.41) is 5.41. The molecule has 138 valence electrons. The summed E-state index contributed by atoms with van der Waals surface area (Å²) < 4.78 is 5.19. The zero-order valence-electron chi connectivity index (χ0n) is 15.3. The molecular weight excluding hydrogens is 330 g/mol. The van der Waals surface area contributed by atoms with Crippen molar-refractivity contribution < 1.29 is 14.3 Å². The van der Waals surface area contributed by atoms with Gasteiger partial charge >= 0.3 is 6.09 Å². The van der Waals surface area contributed by atoms with Gasteiger partial charge < -0.3 is 15.8 Å². The Balaban J connectivity index is 1.88. The molecule has 0 aliphatic heterocycles. The molecular formula is C20H25N3O3. The Hall–Kier alpha value is -2.86. The molecule has 0 bridgehead atoms. The Bertz CT molecular complexity index is 737. The molecule has 2 aromatic rings. The van der Waals surface area contributed by atoms with E-state index in [4.69, 9.17) is 10.5 Å². The van der Waals surface area contributed by atoms with Crippen LogP contribution in [0.5, 0.6) is 0 Å². The molecule has 0 saturated heterocycles. The third kappa shape index (κ3) is 6.57. The molecule has 6 nitrogen and oxygen atoms in total. The highest BCUT2D eigenvalue weighted by Gasteiger charge is 2.17. The maximum atomic E-state index is 12.2. The topological polar surface area (TPSA) is 93.5 Å². The van der Waals surface area contributed by atoms with E-state index in [1.54, 1.807) is 45.0 Å². The predicted octanol–water partition coefficient (Wildman–Crippen LogP) is 3.54. The molecule has 0 aliphatic carbocycles. The number of anilines is 2. The molecule has 0 radical (unpaired) electrons. The minimum absolute atomic E-state index is 0.262. The van der Waals surface area contributed by atoms with Crippen LogP contribution in [-0.2, 0) is 16.0 Å². The second-order valence-electron chi connectivity index (χ2n) is 6.99. The van der Waals surface area contributed by atoms with E-state index in [1.807, 2.05) is 30.3 Å². The van der Waals surface area contributed by atoms with Crippen LogP contribution in [0.3, 0.4) is 0 Å². The first kappa shape index (κ1) is 19.5. The number of ether oxygens (including phenoxy) is 1. The molecule has 0 fully saturated rings. The van der Waals surface area contributed by atoms with Crippen LogP contribution in [0.1, 0.15) is 26.3 Å². The summed E-state index contributed by atoms with van der Waals surface area (Å²) in [7, 11) is 0. The highest BCUT2D eigenvalue weighted by Crippen LogP contribution is 2.16. The van der Waals surface area contributed by atoms with Crippen LogP contribution in [0.4, 0.5) is 16.2 Å². The predicted molar refractivity (Wildman–Crippen MR) is 103 cm³/mol. The highest BCUT2D eigenvalue weighted by atomic mass is 16.6. The van der Waals surface area contributed by atoms with Crippen molar-refractivity contribution in [2.24, 2.45) is 5.73 Å². The summed E-state index contributed by atoms with van der Waals surface area (Å²) in [6.45, 7) is 5.39. The van der Waals surface area contributed by atoms with Crippen LogP contribution in [0, 0.1) is 0 Å². The van der Waals surface area contributed by atoms with Crippen molar-refractivity contribution in [2.45, 2.75) is 38.8 Å². The number of amides is 2. The van der Waals surface area contributed by atoms with E-state index in [-0.39, 0.29) is 5.91 Å². The van der Waals surface area contributed by atoms with Crippen molar-refractivity contribution in [2.75, 3.05) is 10.6 Å². The summed E-state index contributed by atoms with van der Waals surface area (Å²) in [6, 6.07) is 15.7. The minimum atomic E-state index is -0.642. The van der Waals surface area contributed by atoms with Gasteiger partial charge in [0.25, 0.3) is 0 Å². The van der Waals surface area contributed by atoms with E-state index >= 15 is 0 Å². The molecule has 4 N–H and O–H groups in total. The van der Waals surface area contributed by atoms with E-state index in [0.717, 1.165) is 5.56 Å². The van der Waals surface area contributed by atoms with E-state index in [2.05, 4.69) is 10.6 Å². The molecule has 1 atom stereocenters. The highest BCUT2D eigenvalue weighted by molar-refractivity contribution is 5.95. The smallest absolute Gasteiger partial charge is 0.412 e. The number of carbonyl (C=O) groups is 2. The van der Waals surface area contributed by atoms with Crippen molar-refractivity contribution in [3.8, 4) is 0 Å². The molecule has 2 amide bonds. The molecule has 0 heterocycles. The first-order valence-corrected chi connectivity index (χ1v) is 8.43. The summed E-state index contributed by atoms with van der Waals surface area (Å²) in [6.07, 6.45) is -0.0653. The Morgan fingerprint density at radius 3 is 2.04 bits per heavy atom. The lowest BCUT2D eigenvalue weighted by Gasteiger charge is -2.19. The molecule has 2 aromatic carbocycles. The molecule has 0 unspecified atom stereocenters. The third-order valence-corrected chi connectivity index (χ3v) is 3.43. The standard InChI is InChI=1S/C20H25N3O3/c1-20(2,3)26-19(25)23-16-11-9-15(10-12-16)22-18(24)17(21)13-14-7-5-4-6-8-14/h4-12,17H,13,21H2,1-3H3,(H,22,24)(H,23,25)/t17-/m0/s1. The number of hydrogen-bond acceptors (Lipinski definition) is 4. The summed E-state index contributed by atoms with van der Waals surface area (Å²) in [5.74, 6) is -0.262. The average molecular weight is 355 g/mol. The number of benzene rings is 2. The van der Waals surface area contributed by atoms with Gasteiger partial charge in [-0.2, -0.15) is 0 Å². The Morgan fingerprint density at radius 1 is 0.962 bits per heavy atom. The van der Waals surface area contributed by atoms with Gasteiger partial charge in [-0.3, -0.25) is 10.1 Å². The zero-order chi connectivity index (χ0) is 19.2. The fraction of sp³-hybridized carbons (Fsp3) is 0.300. The molecule has 26 heavy (non-hydrogen) atoms. The van der Waals surface area contributed by atoms with Gasteiger partial charge in [0.1, 0.15) is 5.60 Å². The maximum Gasteiger partial charge on any atom is 0.412 e. The van der Waals surface area contributed by atoms with Crippen LogP contribution < -0.4 is 16.4 Å². The van der Waals surface area contributed by atoms with Gasteiger partial charge in [-0.1, -0.05) is 30.3 Å². The lowest BCUT2D eigenvalue weighted by Crippen LogP contribution is -2.37. The second-order valence-corrected chi connectivity index (χ2v) is 6.99. The van der Waals surface area contributed by atoms with E-state index in [1.165, 1.54) is 0 Å². The molecule has 0 aliphatic rings. The third-order valence-electron chi connectivity index (χ3n) is 3.43. The Kier molecular flexibility index (Phi) is 6.36. The van der Waals surface area contributed by atoms with Crippen molar-refractivity contribution in [1.82, 2.24) is 0 Å². The second kappa shape index (κ2) is 8.49. The van der Waals surface area contributed by atoms with Gasteiger partial charge in [-0.15, -0.1) is 0 Å². The fourth-order valence-electron chi connectivity index (χ4n) is 2.25. The van der Waals surface area contributed by atoms with Crippen LogP contribution in [0.25, 0.3) is 0 Å². The van der Waals surface area contributed by atoms with Crippen molar-refractivity contribution in [1.29, 1.82) is 0 Å². The number of hydrogen-bond donors (Lipinski definition) is 3. The molecule has 0 spiro atoms. The number of carbonyl (C=O) groups excluding carboxylic acids is 2. The summed E-state index contributed by atoms with van der Waals surface area (Å²) in [4.78, 5) is 23.9. The van der Waals surface area contributed by atoms with Gasteiger partial charge in [-0.05, 0) is 57.0 Å². The van der Waals surface area contributed by atoms with Gasteiger partial charge in [0.2, 0.25) is 5.91 Å². The SMILES string of the molecule is CC(C)(C)OC(=O)Nc1ccc(NC(=O)[C@@H](N)Cc2ccccc2)cc1. The first-order valence-electron chi connectivity index (χ1n) is 8.43. The first-order chi connectivity index (χ1) is 12.2. The van der Waals surface area contributed by atoms with Gasteiger partial charge in [-0.25, -0.2) is 4.79 Å². The lowest BCUT2D eigenvalue weighted by molar-refractivity contribution is -0.117. The summed E-state index contributed by atoms with van der Waals surface area (Å²) >= 11 is 0. The van der Waals surface area contributed by atoms with Crippen LogP contribution in [-0.4, -0.2) is 23.6 Å². The number of nitrogens with two attached hydrogens (primary N) is 1. The molecule has 0 aromatic heterocycles. The fourth-order valence-corrected chi connectivity index (χ4v) is 2.25. The molecule has 2 rings (SSSR count). The van der Waals surface area contributed by atoms with Gasteiger partial charge in [0.05, 0.1) is 6.04 Å². The van der Waals surface area contributed by atoms with Crippen molar-refractivity contribution >= 4 is 23.4 Å². The van der Waals surface area contributed by atoms with Crippen LogP contribution >= 0.6 is 0 Å². The largest absolute Gasteiger partial charge is 0.444 e. The minimum Gasteiger partial charge on any atom is -0.444 e. The lowest BCUT2D eigenvalue weighted by atomic mass is 10.1. The van der Waals surface area contributed by atoms with Crippen molar-refractivity contribution in [3.05, 3.63) is 60.2 Å². The number of nitrogens with one attached hydrogen (secondary N) is 2. The maximum absolute atomic E-state index is 12.2. The quantitative estimate of drug-likeness (QED) is 0.765. The van der Waals surface area contributed by atoms with Crippen molar-refractivity contribution in [3.63, 3.8) is 0 Å². The van der Waals surface area contributed by atoms with Crippen LogP contribution in [0.2, 0.25) is 0 Å². The van der Waals surface area contributed by atoms with Crippen LogP contribution in [0.15, 0.2) is 54.6 Å². The van der Waals surface area contributed by atoms with Gasteiger partial charge in [0.15, 0.2) is 0 Å².